The van der Waals surface area contributed by atoms with E-state index in [0.717, 1.165) is 0 Å². The summed E-state index contributed by atoms with van der Waals surface area (Å²) in [4.78, 5) is 5.59. The lowest BCUT2D eigenvalue weighted by molar-refractivity contribution is -0.379. The second kappa shape index (κ2) is 1.48. The summed E-state index contributed by atoms with van der Waals surface area (Å²) in [6.07, 6.45) is 8.47. The van der Waals surface area contributed by atoms with Gasteiger partial charge in [-0.15, -0.1) is 6.42 Å². The highest BCUT2D eigenvalue weighted by Gasteiger charge is 1.88. The number of aromatic amines is 2. The third kappa shape index (κ3) is 0.606. The number of terminal acetylenes is 1. The molecule has 34 valence electrons. The van der Waals surface area contributed by atoms with Crippen LogP contribution in [-0.2, 0) is 0 Å². The van der Waals surface area contributed by atoms with Crippen molar-refractivity contribution in [2.24, 2.45) is 0 Å². The molecule has 0 aromatic carbocycles. The molecule has 0 aliphatic carbocycles. The normalized spacial score (nSPS) is 7.86. The molecule has 1 aromatic heterocycles. The highest BCUT2D eigenvalue weighted by Crippen LogP contribution is 1.72. The summed E-state index contributed by atoms with van der Waals surface area (Å²) in [5, 5.41) is 0. The average molecular weight is 93.1 g/mol. The van der Waals surface area contributed by atoms with Crippen LogP contribution in [0.25, 0.3) is 0 Å². The summed E-state index contributed by atoms with van der Waals surface area (Å²) < 4.78 is 0. The van der Waals surface area contributed by atoms with Crippen molar-refractivity contribution in [2.75, 3.05) is 0 Å². The van der Waals surface area contributed by atoms with E-state index in [-0.39, 0.29) is 0 Å². The summed E-state index contributed by atoms with van der Waals surface area (Å²) in [6, 6.07) is 0. The molecule has 1 heterocycles. The van der Waals surface area contributed by atoms with Crippen molar-refractivity contribution in [1.29, 1.82) is 0 Å². The lowest BCUT2D eigenvalue weighted by Crippen LogP contribution is -1.99. The third-order valence-electron chi connectivity index (χ3n) is 0.683. The van der Waals surface area contributed by atoms with Gasteiger partial charge in [-0.05, 0) is 0 Å². The predicted molar refractivity (Wildman–Crippen MR) is 25.3 cm³/mol. The van der Waals surface area contributed by atoms with Crippen molar-refractivity contribution in [2.45, 2.75) is 0 Å². The Kier molecular flexibility index (Phi) is 0.833. The van der Waals surface area contributed by atoms with Gasteiger partial charge in [-0.3, -0.25) is 0 Å². The smallest absolute Gasteiger partial charge is 0.236 e. The third-order valence-corrected chi connectivity index (χ3v) is 0.683. The van der Waals surface area contributed by atoms with Crippen LogP contribution in [0.1, 0.15) is 5.82 Å². The van der Waals surface area contributed by atoms with Gasteiger partial charge >= 0.3 is 5.82 Å². The van der Waals surface area contributed by atoms with Crippen molar-refractivity contribution < 1.29 is 4.98 Å². The molecular formula is C5H5N2+. The van der Waals surface area contributed by atoms with E-state index in [2.05, 4.69) is 15.9 Å². The second-order valence-electron chi connectivity index (χ2n) is 1.14. The number of nitrogens with one attached hydrogen (secondary N) is 2. The SMILES string of the molecule is C#Cc1[nH]cc[nH+]1. The van der Waals surface area contributed by atoms with Crippen LogP contribution in [0.4, 0.5) is 0 Å². The molecule has 0 fully saturated rings. The first-order valence-electron chi connectivity index (χ1n) is 1.95. The lowest BCUT2D eigenvalue weighted by atomic mass is 10.7. The number of imidazole rings is 1. The zero-order valence-corrected chi connectivity index (χ0v) is 3.73. The fourth-order valence-electron chi connectivity index (χ4n) is 0.375. The molecule has 2 nitrogen and oxygen atoms in total. The van der Waals surface area contributed by atoms with E-state index in [1.807, 2.05) is 0 Å². The molecule has 0 bridgehead atoms. The highest BCUT2D eigenvalue weighted by atomic mass is 14.9. The van der Waals surface area contributed by atoms with Gasteiger partial charge in [0.1, 0.15) is 12.4 Å². The topological polar surface area (TPSA) is 29.9 Å². The molecule has 0 saturated carbocycles. The van der Waals surface area contributed by atoms with Crippen molar-refractivity contribution in [3.05, 3.63) is 18.2 Å². The fraction of sp³-hybridized carbons (Fsp3) is 0. The molecule has 0 spiro atoms. The van der Waals surface area contributed by atoms with Crippen LogP contribution in [0.15, 0.2) is 12.4 Å². The minimum Gasteiger partial charge on any atom is -0.236 e. The predicted octanol–water partition coefficient (Wildman–Crippen LogP) is -0.190. The highest BCUT2D eigenvalue weighted by molar-refractivity contribution is 5.08. The first-order valence-corrected chi connectivity index (χ1v) is 1.95. The Morgan fingerprint density at radius 1 is 1.86 bits per heavy atom. The van der Waals surface area contributed by atoms with Gasteiger partial charge in [-0.25, -0.2) is 9.97 Å². The van der Waals surface area contributed by atoms with Crippen LogP contribution in [0.3, 0.4) is 0 Å². The molecule has 0 unspecified atom stereocenters. The van der Waals surface area contributed by atoms with Crippen molar-refractivity contribution in [3.63, 3.8) is 0 Å². The van der Waals surface area contributed by atoms with Gasteiger partial charge in [0.2, 0.25) is 0 Å². The Labute approximate surface area is 41.6 Å². The summed E-state index contributed by atoms with van der Waals surface area (Å²) >= 11 is 0. The quantitative estimate of drug-likeness (QED) is 0.431. The first kappa shape index (κ1) is 3.94. The molecule has 0 amide bonds. The minimum absolute atomic E-state index is 0.708. The van der Waals surface area contributed by atoms with E-state index in [0.29, 0.717) is 5.82 Å². The molecule has 0 atom stereocenters. The first-order chi connectivity index (χ1) is 3.43. The van der Waals surface area contributed by atoms with Gasteiger partial charge in [-0.1, -0.05) is 0 Å². The molecule has 2 N–H and O–H groups in total. The van der Waals surface area contributed by atoms with Gasteiger partial charge < -0.3 is 0 Å². The van der Waals surface area contributed by atoms with E-state index in [9.17, 15) is 0 Å². The molecule has 1 rings (SSSR count). The van der Waals surface area contributed by atoms with Crippen LogP contribution in [0.2, 0.25) is 0 Å². The summed E-state index contributed by atoms with van der Waals surface area (Å²) in [5.74, 6) is 3.10. The number of hydrogen-bond donors (Lipinski definition) is 1. The van der Waals surface area contributed by atoms with E-state index in [4.69, 9.17) is 6.42 Å². The minimum atomic E-state index is 0.708. The molecule has 0 radical (unpaired) electrons. The average Bonchev–Trinajstić information content (AvgIpc) is 2.14. The number of rotatable bonds is 0. The molecule has 7 heavy (non-hydrogen) atoms. The molecule has 1 aromatic rings. The van der Waals surface area contributed by atoms with E-state index >= 15 is 0 Å². The number of H-pyrrole nitrogens is 2. The van der Waals surface area contributed by atoms with Crippen molar-refractivity contribution >= 4 is 0 Å². The van der Waals surface area contributed by atoms with Crippen LogP contribution in [-0.4, -0.2) is 4.98 Å². The second-order valence-corrected chi connectivity index (χ2v) is 1.14. The maximum absolute atomic E-state index is 4.98. The van der Waals surface area contributed by atoms with Crippen LogP contribution in [0, 0.1) is 12.3 Å². The standard InChI is InChI=1S/C5H4N2/c1-2-5-6-3-4-7-5/h1,3-4H,(H,6,7)/p+1. The molecule has 0 saturated heterocycles. The van der Waals surface area contributed by atoms with Crippen molar-refractivity contribution in [3.8, 4) is 12.3 Å². The summed E-state index contributed by atoms with van der Waals surface area (Å²) in [5.41, 5.74) is 0. The Hall–Kier alpha value is -1.23. The van der Waals surface area contributed by atoms with Gasteiger partial charge in [0.25, 0.3) is 0 Å². The Morgan fingerprint density at radius 3 is 3.00 bits per heavy atom. The van der Waals surface area contributed by atoms with Gasteiger partial charge in [0.15, 0.2) is 0 Å². The number of aromatic nitrogens is 2. The van der Waals surface area contributed by atoms with Crippen LogP contribution < -0.4 is 4.98 Å². The monoisotopic (exact) mass is 93.0 g/mol. The lowest BCUT2D eigenvalue weighted by Gasteiger charge is -1.60. The largest absolute Gasteiger partial charge is 0.330 e. The molecule has 2 heteroatoms. The molecular weight excluding hydrogens is 88.1 g/mol. The Bertz CT molecular complexity index is 168. The maximum atomic E-state index is 4.98. The van der Waals surface area contributed by atoms with Gasteiger partial charge in [-0.2, -0.15) is 0 Å². The van der Waals surface area contributed by atoms with E-state index in [1.54, 1.807) is 12.4 Å². The van der Waals surface area contributed by atoms with Gasteiger partial charge in [0.05, 0.1) is 0 Å². The van der Waals surface area contributed by atoms with E-state index < -0.39 is 0 Å². The fourth-order valence-corrected chi connectivity index (χ4v) is 0.375. The molecule has 0 aliphatic heterocycles. The van der Waals surface area contributed by atoms with Crippen LogP contribution >= 0.6 is 0 Å². The molecule has 0 aliphatic rings. The maximum Gasteiger partial charge on any atom is 0.330 e. The van der Waals surface area contributed by atoms with E-state index in [1.165, 1.54) is 0 Å². The van der Waals surface area contributed by atoms with Crippen LogP contribution in [0.5, 0.6) is 0 Å². The van der Waals surface area contributed by atoms with Crippen molar-refractivity contribution in [1.82, 2.24) is 4.98 Å². The zero-order valence-electron chi connectivity index (χ0n) is 3.73. The Morgan fingerprint density at radius 2 is 2.71 bits per heavy atom. The van der Waals surface area contributed by atoms with Gasteiger partial charge in [0, 0.05) is 5.92 Å². The number of hydrogen-bond acceptors (Lipinski definition) is 0. The Balaban J connectivity index is 3.04. The summed E-state index contributed by atoms with van der Waals surface area (Å²) in [6.45, 7) is 0. The summed E-state index contributed by atoms with van der Waals surface area (Å²) in [7, 11) is 0. The zero-order chi connectivity index (χ0) is 5.11.